The number of hydrogen-bond acceptors (Lipinski definition) is 11. The van der Waals surface area contributed by atoms with E-state index in [1.165, 1.54) is 136 Å². The minimum Gasteiger partial charge on any atom is -0.455 e. The van der Waals surface area contributed by atoms with Crippen LogP contribution >= 0.6 is 45.3 Å². The van der Waals surface area contributed by atoms with E-state index < -0.39 is 0 Å². The van der Waals surface area contributed by atoms with E-state index in [1.807, 2.05) is 71.3 Å². The predicted molar refractivity (Wildman–Crippen MR) is 514 cm³/mol. The molecule has 26 aromatic rings. The molecule has 11 aromatic carbocycles. The fourth-order valence-electron chi connectivity index (χ4n) is 18.7. The third-order valence-corrected chi connectivity index (χ3v) is 29.4. The van der Waals surface area contributed by atoms with Crippen LogP contribution in [-0.2, 0) is 28.2 Å². The Labute approximate surface area is 721 Å². The molecule has 123 heavy (non-hydrogen) atoms. The van der Waals surface area contributed by atoms with Gasteiger partial charge in [-0.3, -0.25) is 0 Å². The summed E-state index contributed by atoms with van der Waals surface area (Å²) in [5, 5.41) is 21.7. The van der Waals surface area contributed by atoms with E-state index >= 15 is 0 Å². The van der Waals surface area contributed by atoms with Gasteiger partial charge in [-0.25, -0.2) is 19.1 Å². The van der Waals surface area contributed by atoms with Gasteiger partial charge < -0.3 is 22.1 Å². The van der Waals surface area contributed by atoms with Crippen LogP contribution in [0.4, 0.5) is 0 Å². The van der Waals surface area contributed by atoms with Crippen molar-refractivity contribution in [3.05, 3.63) is 312 Å². The van der Waals surface area contributed by atoms with Crippen LogP contribution in [0.5, 0.6) is 0 Å². The average Bonchev–Trinajstić information content (AvgIpc) is 1.56. The third-order valence-electron chi connectivity index (χ3n) is 24.9. The molecule has 0 aliphatic rings. The van der Waals surface area contributed by atoms with Gasteiger partial charge in [0.05, 0.1) is 37.7 Å². The molecule has 0 amide bonds. The maximum atomic E-state index is 6.49. The van der Waals surface area contributed by atoms with Gasteiger partial charge in [-0.2, -0.15) is 9.13 Å². The van der Waals surface area contributed by atoms with Crippen molar-refractivity contribution in [1.29, 1.82) is 0 Å². The smallest absolute Gasteiger partial charge is 0.227 e. The van der Waals surface area contributed by atoms with Crippen molar-refractivity contribution in [2.24, 2.45) is 28.2 Å². The quantitative estimate of drug-likeness (QED) is 0.162. The summed E-state index contributed by atoms with van der Waals surface area (Å²) in [4.78, 5) is 9.22. The van der Waals surface area contributed by atoms with Gasteiger partial charge in [-0.15, -0.1) is 45.3 Å². The molecular formula is C108H80N6O5S4+4. The standard InChI is InChI=1S/C32H22NO2S.C26H20NOS.2C25H19N2OS/c1-17-8-10-19-21-11-9-18(2)31(32(21)35-26(19)12-17)25-13-22-23-15-30-24(20-6-4-5-7-29(20)36-30)14-27(23)34-28(22)16-33(25)3;1-15-8-10-17-19-11-9-16(2)25(26(19)28-22(17)12-15)21-13-24-20(14-27(21)3)18-6-4-5-7-23(18)29-24;1-14-8-10-17-18-11-9-15(2)26-25(18)28-24(17)23(14)20-12-22-19(13-27(20)3)16-6-4-5-7-21(16)29-22;1-14-8-10-17-18-11-9-15(2)26-25(18)28-24(17)23(14)20-12-19-16-6-4-5-7-21(16)29-22(19)13-27(20)3/h4-16H,1-3H3;4-14H,1-3H3;2*4-13H,1-3H3/q4*+1. The Morgan fingerprint density at radius 1 is 0.220 bits per heavy atom. The van der Waals surface area contributed by atoms with Crippen molar-refractivity contribution in [3.63, 3.8) is 0 Å². The van der Waals surface area contributed by atoms with Gasteiger partial charge in [0.15, 0.2) is 35.3 Å². The van der Waals surface area contributed by atoms with Gasteiger partial charge in [-0.1, -0.05) is 146 Å². The number of aryl methyl sites for hydroxylation is 12. The first-order valence-electron chi connectivity index (χ1n) is 41.4. The van der Waals surface area contributed by atoms with Crippen LogP contribution in [0.15, 0.2) is 290 Å². The molecule has 15 aromatic heterocycles. The second-order valence-corrected chi connectivity index (χ2v) is 37.4. The molecule has 0 aliphatic carbocycles. The highest BCUT2D eigenvalue weighted by molar-refractivity contribution is 7.27. The maximum Gasteiger partial charge on any atom is 0.227 e. The Bertz CT molecular complexity index is 8780. The lowest BCUT2D eigenvalue weighted by atomic mass is 9.99. The minimum absolute atomic E-state index is 0.705. The van der Waals surface area contributed by atoms with Crippen LogP contribution in [-0.4, -0.2) is 9.97 Å². The zero-order valence-electron chi connectivity index (χ0n) is 69.8. The third kappa shape index (κ3) is 12.1. The van der Waals surface area contributed by atoms with E-state index in [9.17, 15) is 0 Å². The van der Waals surface area contributed by atoms with E-state index in [4.69, 9.17) is 22.1 Å². The van der Waals surface area contributed by atoms with Crippen LogP contribution in [0, 0.1) is 55.4 Å². The van der Waals surface area contributed by atoms with Crippen molar-refractivity contribution in [1.82, 2.24) is 9.97 Å². The minimum atomic E-state index is 0.705. The highest BCUT2D eigenvalue weighted by Crippen LogP contribution is 2.47. The second kappa shape index (κ2) is 28.4. The largest absolute Gasteiger partial charge is 0.455 e. The predicted octanol–water partition coefficient (Wildman–Crippen LogP) is 28.9. The lowest BCUT2D eigenvalue weighted by molar-refractivity contribution is -0.659. The molecule has 11 nitrogen and oxygen atoms in total. The first-order valence-corrected chi connectivity index (χ1v) is 44.7. The van der Waals surface area contributed by atoms with E-state index in [0.717, 1.165) is 133 Å². The summed E-state index contributed by atoms with van der Waals surface area (Å²) in [6, 6.07) is 86.8. The molecule has 26 rings (SSSR count). The van der Waals surface area contributed by atoms with Crippen LogP contribution in [0.3, 0.4) is 0 Å². The molecular weight excluding hydrogens is 1590 g/mol. The summed E-state index contributed by atoms with van der Waals surface area (Å²) in [7, 11) is 8.44. The van der Waals surface area contributed by atoms with E-state index in [-0.39, 0.29) is 0 Å². The summed E-state index contributed by atoms with van der Waals surface area (Å²) < 4.78 is 51.2. The first kappa shape index (κ1) is 74.3. The highest BCUT2D eigenvalue weighted by atomic mass is 32.1. The molecule has 15 heteroatoms. The van der Waals surface area contributed by atoms with Gasteiger partial charge in [-0.05, 0) is 162 Å². The van der Waals surface area contributed by atoms with E-state index in [1.54, 1.807) is 0 Å². The van der Waals surface area contributed by atoms with Crippen LogP contribution < -0.4 is 18.3 Å². The lowest BCUT2D eigenvalue weighted by Gasteiger charge is -2.06. The maximum absolute atomic E-state index is 6.49. The summed E-state index contributed by atoms with van der Waals surface area (Å²) >= 11 is 7.37. The van der Waals surface area contributed by atoms with Gasteiger partial charge in [0, 0.05) is 155 Å². The molecule has 0 spiro atoms. The molecule has 0 N–H and O–H groups in total. The number of benzene rings is 11. The van der Waals surface area contributed by atoms with Crippen LogP contribution in [0.1, 0.15) is 44.8 Å². The van der Waals surface area contributed by atoms with Crippen molar-refractivity contribution < 1.29 is 40.4 Å². The normalized spacial score (nSPS) is 12.1. The van der Waals surface area contributed by atoms with Crippen molar-refractivity contribution in [3.8, 4) is 45.0 Å². The summed E-state index contributed by atoms with van der Waals surface area (Å²) in [5.41, 5.74) is 27.2. The number of rotatable bonds is 4. The molecule has 0 radical (unpaired) electrons. The Morgan fingerprint density at radius 3 is 0.992 bits per heavy atom. The fourth-order valence-corrected chi connectivity index (χ4v) is 23.2. The molecule has 0 fully saturated rings. The average molecular weight is 1670 g/mol. The molecule has 592 valence electrons. The van der Waals surface area contributed by atoms with Gasteiger partial charge in [0.25, 0.3) is 0 Å². The number of hydrogen-bond donors (Lipinski definition) is 0. The fraction of sp³-hybridized carbons (Fsp3) is 0.111. The SMILES string of the molecule is Cc1ccc2c(c1)oc1c(-c3cc4c(c[n+]3C)oc3cc5c(cc34)sc3ccccc35)c(C)ccc12.Cc1ccc2c(c1)oc1c(-c3cc4sc5ccccc5c4c[n+]3C)c(C)ccc12.Cc1ccc2c(n1)oc1c(-c3cc4c(c[n+]3C)sc3ccccc34)c(C)ccc12.Cc1ccc2c(n1)oc1c(-c3cc4sc5ccccc5c4c[n+]3C)c(C)ccc12. The monoisotopic (exact) mass is 1670 g/mol. The second-order valence-electron chi connectivity index (χ2n) is 33.1. The van der Waals surface area contributed by atoms with Crippen molar-refractivity contribution in [2.45, 2.75) is 55.4 Å². The molecule has 0 saturated carbocycles. The molecule has 0 aliphatic heterocycles. The van der Waals surface area contributed by atoms with Crippen molar-refractivity contribution in [2.75, 3.05) is 0 Å². The number of pyridine rings is 6. The van der Waals surface area contributed by atoms with Crippen molar-refractivity contribution >= 4 is 236 Å². The number of nitrogens with zero attached hydrogens (tertiary/aromatic N) is 6. The number of furan rings is 5. The Morgan fingerprint density at radius 2 is 0.545 bits per heavy atom. The number of fused-ring (bicyclic) bond motifs is 27. The number of thiophene rings is 4. The number of aromatic nitrogens is 6. The van der Waals surface area contributed by atoms with Gasteiger partial charge in [0.2, 0.25) is 40.4 Å². The van der Waals surface area contributed by atoms with E-state index in [0.29, 0.717) is 11.4 Å². The molecule has 0 saturated heterocycles. The van der Waals surface area contributed by atoms with Gasteiger partial charge >= 0.3 is 0 Å². The Kier molecular flexibility index (Phi) is 17.2. The molecule has 0 atom stereocenters. The Hall–Kier alpha value is -13.8. The van der Waals surface area contributed by atoms with Gasteiger partial charge in [0.1, 0.15) is 56.1 Å². The van der Waals surface area contributed by atoms with Crippen LogP contribution in [0.2, 0.25) is 0 Å². The summed E-state index contributed by atoms with van der Waals surface area (Å²) in [6.45, 7) is 16.8. The zero-order valence-corrected chi connectivity index (χ0v) is 73.0. The Balaban J connectivity index is 0.0000000954. The first-order chi connectivity index (χ1) is 59.8. The summed E-state index contributed by atoms with van der Waals surface area (Å²) in [5.74, 6) is 0. The lowest BCUT2D eigenvalue weighted by Crippen LogP contribution is -2.30. The molecule has 15 heterocycles. The zero-order chi connectivity index (χ0) is 83.2. The summed E-state index contributed by atoms with van der Waals surface area (Å²) in [6.07, 6.45) is 8.84. The molecule has 0 unspecified atom stereocenters. The molecule has 0 bridgehead atoms. The highest BCUT2D eigenvalue weighted by Gasteiger charge is 2.30. The van der Waals surface area contributed by atoms with E-state index in [2.05, 4.69) is 353 Å². The van der Waals surface area contributed by atoms with Crippen LogP contribution in [0.25, 0.3) is 236 Å². The topological polar surface area (TPSA) is 107 Å².